The zero-order chi connectivity index (χ0) is 19.8. The molecule has 0 saturated carbocycles. The molecule has 4 heterocycles. The normalized spacial score (nSPS) is 26.0. The number of fused-ring (bicyclic) bond motifs is 2. The van der Waals surface area contributed by atoms with Crippen LogP contribution in [-0.4, -0.2) is 78.3 Å². The van der Waals surface area contributed by atoms with Gasteiger partial charge in [0.05, 0.1) is 5.69 Å². The Morgan fingerprint density at radius 3 is 2.32 bits per heavy atom. The molecule has 0 N–H and O–H groups in total. The minimum absolute atomic E-state index is 0.275. The average molecular weight is 393 g/mol. The largest absolute Gasteiger partial charge is 0.351 e. The first-order chi connectivity index (χ1) is 13.5. The Labute approximate surface area is 167 Å². The molecule has 7 heteroatoms. The summed E-state index contributed by atoms with van der Waals surface area (Å²) in [5.41, 5.74) is 0.636. The summed E-state index contributed by atoms with van der Waals surface area (Å²) in [6.45, 7) is 13.5. The van der Waals surface area contributed by atoms with E-state index < -0.39 is 6.29 Å². The van der Waals surface area contributed by atoms with Crippen LogP contribution in [0.3, 0.4) is 0 Å². The minimum atomic E-state index is -0.539. The number of piperazine rings is 1. The minimum Gasteiger partial charge on any atom is -0.351 e. The van der Waals surface area contributed by atoms with Crippen LogP contribution in [0.2, 0.25) is 0 Å². The molecule has 0 aromatic carbocycles. The molecule has 2 bridgehead atoms. The average Bonchev–Trinajstić information content (AvgIpc) is 3.23. The molecule has 4 rings (SSSR count). The monoisotopic (exact) mass is 392 g/mol. The number of pyridine rings is 1. The lowest BCUT2D eigenvalue weighted by atomic mass is 10.0. The molecule has 3 aliphatic heterocycles. The van der Waals surface area contributed by atoms with E-state index in [9.17, 15) is 4.39 Å². The fourth-order valence-corrected chi connectivity index (χ4v) is 4.97. The van der Waals surface area contributed by atoms with Crippen molar-refractivity contribution in [3.63, 3.8) is 0 Å². The van der Waals surface area contributed by atoms with Gasteiger partial charge in [-0.3, -0.25) is 9.80 Å². The number of nitrogens with zero attached hydrogens (tertiary/aromatic N) is 4. The number of ether oxygens (including phenoxy) is 2. The van der Waals surface area contributed by atoms with Crippen LogP contribution in [0.1, 0.15) is 46.1 Å². The Kier molecular flexibility index (Phi) is 5.88. The molecular formula is C21H33FN4O2. The first-order valence-electron chi connectivity index (χ1n) is 10.7. The van der Waals surface area contributed by atoms with Gasteiger partial charge >= 0.3 is 0 Å². The summed E-state index contributed by atoms with van der Waals surface area (Å²) in [7, 11) is 0. The lowest BCUT2D eigenvalue weighted by Gasteiger charge is -2.49. The zero-order valence-corrected chi connectivity index (χ0v) is 17.5. The van der Waals surface area contributed by atoms with Crippen LogP contribution in [0.4, 0.5) is 10.2 Å². The molecule has 0 radical (unpaired) electrons. The van der Waals surface area contributed by atoms with Gasteiger partial charge in [0.2, 0.25) is 6.29 Å². The van der Waals surface area contributed by atoms with Gasteiger partial charge < -0.3 is 14.4 Å². The Morgan fingerprint density at radius 1 is 1.04 bits per heavy atom. The van der Waals surface area contributed by atoms with Crippen LogP contribution in [-0.2, 0) is 9.47 Å². The summed E-state index contributed by atoms with van der Waals surface area (Å²) in [6, 6.07) is 5.61. The maximum absolute atomic E-state index is 14.5. The van der Waals surface area contributed by atoms with Gasteiger partial charge in [0, 0.05) is 63.6 Å². The fourth-order valence-electron chi connectivity index (χ4n) is 4.97. The van der Waals surface area contributed by atoms with Crippen LogP contribution in [0.5, 0.6) is 0 Å². The molecule has 6 nitrogen and oxygen atoms in total. The Morgan fingerprint density at radius 2 is 1.75 bits per heavy atom. The van der Waals surface area contributed by atoms with Crippen molar-refractivity contribution in [3.05, 3.63) is 23.6 Å². The zero-order valence-electron chi connectivity index (χ0n) is 17.5. The quantitative estimate of drug-likeness (QED) is 0.634. The highest BCUT2D eigenvalue weighted by Crippen LogP contribution is 2.36. The molecule has 28 heavy (non-hydrogen) atoms. The van der Waals surface area contributed by atoms with E-state index in [1.165, 1.54) is 19.0 Å². The number of anilines is 1. The van der Waals surface area contributed by atoms with E-state index in [0.29, 0.717) is 48.9 Å². The van der Waals surface area contributed by atoms with Crippen LogP contribution in [0, 0.1) is 5.82 Å². The van der Waals surface area contributed by atoms with Crippen molar-refractivity contribution < 1.29 is 13.9 Å². The summed E-state index contributed by atoms with van der Waals surface area (Å²) in [5.74, 6) is 0.147. The molecule has 3 fully saturated rings. The van der Waals surface area contributed by atoms with Crippen LogP contribution in [0.25, 0.3) is 0 Å². The second-order valence-electron chi connectivity index (χ2n) is 8.37. The van der Waals surface area contributed by atoms with Gasteiger partial charge in [-0.05, 0) is 46.2 Å². The van der Waals surface area contributed by atoms with E-state index in [-0.39, 0.29) is 5.82 Å². The second kappa shape index (κ2) is 8.22. The van der Waals surface area contributed by atoms with Crippen molar-refractivity contribution in [2.45, 2.75) is 64.6 Å². The molecule has 1 unspecified atom stereocenters. The first-order valence-corrected chi connectivity index (χ1v) is 10.7. The number of aromatic nitrogens is 1. The first kappa shape index (κ1) is 20.0. The molecule has 156 valence electrons. The lowest BCUT2D eigenvalue weighted by Crippen LogP contribution is -2.64. The lowest BCUT2D eigenvalue weighted by molar-refractivity contribution is -0.142. The van der Waals surface area contributed by atoms with E-state index in [0.717, 1.165) is 19.6 Å². The smallest absolute Gasteiger partial charge is 0.201 e. The van der Waals surface area contributed by atoms with Gasteiger partial charge in [0.1, 0.15) is 0 Å². The van der Waals surface area contributed by atoms with E-state index >= 15 is 0 Å². The van der Waals surface area contributed by atoms with Crippen molar-refractivity contribution in [3.8, 4) is 0 Å². The van der Waals surface area contributed by atoms with Gasteiger partial charge in [0.25, 0.3) is 0 Å². The maximum Gasteiger partial charge on any atom is 0.201 e. The van der Waals surface area contributed by atoms with Gasteiger partial charge in [-0.25, -0.2) is 9.37 Å². The Bertz CT molecular complexity index is 676. The molecule has 0 aliphatic carbocycles. The number of halogens is 1. The van der Waals surface area contributed by atoms with Crippen LogP contribution in [0.15, 0.2) is 12.1 Å². The molecule has 2 atom stereocenters. The van der Waals surface area contributed by atoms with E-state index in [1.807, 2.05) is 18.7 Å². The molecule has 3 aliphatic rings. The van der Waals surface area contributed by atoms with E-state index in [1.54, 1.807) is 6.07 Å². The third kappa shape index (κ3) is 3.65. The highest BCUT2D eigenvalue weighted by molar-refractivity contribution is 5.45. The van der Waals surface area contributed by atoms with Crippen molar-refractivity contribution >= 4 is 5.82 Å². The van der Waals surface area contributed by atoms with Gasteiger partial charge in [-0.1, -0.05) is 0 Å². The van der Waals surface area contributed by atoms with Crippen molar-refractivity contribution in [1.82, 2.24) is 14.8 Å². The summed E-state index contributed by atoms with van der Waals surface area (Å²) >= 11 is 0. The fraction of sp³-hybridized carbons (Fsp3) is 0.762. The van der Waals surface area contributed by atoms with Gasteiger partial charge in [-0.2, -0.15) is 0 Å². The highest BCUT2D eigenvalue weighted by atomic mass is 19.1. The van der Waals surface area contributed by atoms with E-state index in [2.05, 4.69) is 28.6 Å². The highest BCUT2D eigenvalue weighted by Gasteiger charge is 2.48. The van der Waals surface area contributed by atoms with E-state index in [4.69, 9.17) is 9.47 Å². The number of rotatable bonds is 8. The van der Waals surface area contributed by atoms with Gasteiger partial charge in [0.15, 0.2) is 11.6 Å². The number of likely N-dealkylation sites (tertiary alicyclic amines) is 2. The SMILES string of the molecule is CCOC(OCC)c1ccc(F)c(N2CC(N3C[C@@H]4CC3CN4C(C)C)C2)n1. The second-order valence-corrected chi connectivity index (χ2v) is 8.37. The molecule has 1 aromatic rings. The summed E-state index contributed by atoms with van der Waals surface area (Å²) in [6.07, 6.45) is 0.740. The standard InChI is InChI=1S/C21H33FN4O2/c1-5-27-21(28-6-2)19-8-7-18(22)20(23-19)24-10-17(11-24)26-13-15-9-16(26)12-25(15)14(3)4/h7-8,14-17,21H,5-6,9-13H2,1-4H3/t15-,16?/m0/s1. The Hall–Kier alpha value is -1.28. The number of hydrogen-bond donors (Lipinski definition) is 0. The van der Waals surface area contributed by atoms with Crippen molar-refractivity contribution in [1.29, 1.82) is 0 Å². The third-order valence-corrected chi connectivity index (χ3v) is 6.35. The Balaban J connectivity index is 1.39. The number of hydrogen-bond acceptors (Lipinski definition) is 6. The van der Waals surface area contributed by atoms with Crippen molar-refractivity contribution in [2.24, 2.45) is 0 Å². The predicted molar refractivity (Wildman–Crippen MR) is 107 cm³/mol. The topological polar surface area (TPSA) is 41.1 Å². The van der Waals surface area contributed by atoms with Crippen LogP contribution >= 0.6 is 0 Å². The molecular weight excluding hydrogens is 359 g/mol. The summed E-state index contributed by atoms with van der Waals surface area (Å²) in [4.78, 5) is 11.9. The van der Waals surface area contributed by atoms with Crippen molar-refractivity contribution in [2.75, 3.05) is 44.3 Å². The molecule has 3 saturated heterocycles. The maximum atomic E-state index is 14.5. The molecule has 0 amide bonds. The van der Waals surface area contributed by atoms with Crippen LogP contribution < -0.4 is 4.90 Å². The van der Waals surface area contributed by atoms with Gasteiger partial charge in [-0.15, -0.1) is 0 Å². The predicted octanol–water partition coefficient (Wildman–Crippen LogP) is 2.65. The molecule has 1 aromatic heterocycles. The molecule has 0 spiro atoms. The third-order valence-electron chi connectivity index (χ3n) is 6.35. The summed E-state index contributed by atoms with van der Waals surface area (Å²) < 4.78 is 25.7. The summed E-state index contributed by atoms with van der Waals surface area (Å²) in [5, 5.41) is 0.